The van der Waals surface area contributed by atoms with Gasteiger partial charge in [-0.25, -0.2) is 4.39 Å². The molecule has 0 bridgehead atoms. The molecule has 0 saturated heterocycles. The van der Waals surface area contributed by atoms with E-state index in [2.05, 4.69) is 10.1 Å². The molecular weight excluding hydrogens is 221 g/mol. The largest absolute Gasteiger partial charge is 0.370 e. The van der Waals surface area contributed by atoms with Gasteiger partial charge in [0.25, 0.3) is 0 Å². The Morgan fingerprint density at radius 3 is 3.06 bits per heavy atom. The summed E-state index contributed by atoms with van der Waals surface area (Å²) in [5.74, 6) is -0.338. The summed E-state index contributed by atoms with van der Waals surface area (Å²) in [4.78, 5) is 4.02. The molecule has 1 atom stereocenters. The van der Waals surface area contributed by atoms with Gasteiger partial charge in [0.1, 0.15) is 11.5 Å². The molecule has 0 aromatic carbocycles. The predicted molar refractivity (Wildman–Crippen MR) is 59.7 cm³/mol. The van der Waals surface area contributed by atoms with Crippen LogP contribution in [0.4, 0.5) is 4.39 Å². The fourth-order valence-electron chi connectivity index (χ4n) is 1.91. The Labute approximate surface area is 98.0 Å². The zero-order chi connectivity index (χ0) is 11.8. The monoisotopic (exact) mass is 233 g/mol. The number of aromatic nitrogens is 3. The Morgan fingerprint density at radius 2 is 2.29 bits per heavy atom. The van der Waals surface area contributed by atoms with Crippen LogP contribution >= 0.6 is 0 Å². The second kappa shape index (κ2) is 3.92. The van der Waals surface area contributed by atoms with Gasteiger partial charge in [0.05, 0.1) is 36.8 Å². The molecule has 2 aromatic rings. The zero-order valence-corrected chi connectivity index (χ0v) is 9.43. The summed E-state index contributed by atoms with van der Waals surface area (Å²) in [6.07, 6.45) is 1.38. The average molecular weight is 233 g/mol. The Bertz CT molecular complexity index is 535. The molecule has 0 fully saturated rings. The number of ether oxygens (including phenoxy) is 1. The summed E-state index contributed by atoms with van der Waals surface area (Å²) < 4.78 is 20.2. The highest BCUT2D eigenvalue weighted by molar-refractivity contribution is 5.54. The van der Waals surface area contributed by atoms with Gasteiger partial charge in [0, 0.05) is 0 Å². The van der Waals surface area contributed by atoms with Crippen LogP contribution in [-0.2, 0) is 17.9 Å². The van der Waals surface area contributed by atoms with Gasteiger partial charge < -0.3 is 4.74 Å². The quantitative estimate of drug-likeness (QED) is 0.756. The van der Waals surface area contributed by atoms with E-state index in [1.54, 1.807) is 6.07 Å². The molecule has 0 spiro atoms. The molecular formula is C12H12FN3O. The van der Waals surface area contributed by atoms with Crippen molar-refractivity contribution in [1.82, 2.24) is 14.8 Å². The predicted octanol–water partition coefficient (Wildman–Crippen LogP) is 2.00. The van der Waals surface area contributed by atoms with Gasteiger partial charge in [-0.15, -0.1) is 0 Å². The van der Waals surface area contributed by atoms with Gasteiger partial charge in [0.2, 0.25) is 0 Å². The second-order valence-corrected chi connectivity index (χ2v) is 4.19. The minimum absolute atomic E-state index is 0.177. The van der Waals surface area contributed by atoms with Gasteiger partial charge in [-0.05, 0) is 25.1 Å². The topological polar surface area (TPSA) is 39.9 Å². The van der Waals surface area contributed by atoms with E-state index >= 15 is 0 Å². The summed E-state index contributed by atoms with van der Waals surface area (Å²) in [7, 11) is 0. The van der Waals surface area contributed by atoms with Crippen LogP contribution in [0.1, 0.15) is 12.6 Å². The summed E-state index contributed by atoms with van der Waals surface area (Å²) in [5.41, 5.74) is 2.47. The molecule has 4 nitrogen and oxygen atoms in total. The van der Waals surface area contributed by atoms with Crippen molar-refractivity contribution < 1.29 is 9.13 Å². The van der Waals surface area contributed by atoms with Crippen molar-refractivity contribution in [3.05, 3.63) is 35.9 Å². The Hall–Kier alpha value is -1.75. The highest BCUT2D eigenvalue weighted by Gasteiger charge is 2.18. The van der Waals surface area contributed by atoms with Crippen LogP contribution in [0.3, 0.4) is 0 Å². The van der Waals surface area contributed by atoms with E-state index in [-0.39, 0.29) is 11.9 Å². The lowest BCUT2D eigenvalue weighted by atomic mass is 10.2. The van der Waals surface area contributed by atoms with Crippen molar-refractivity contribution in [2.75, 3.05) is 0 Å². The third-order valence-corrected chi connectivity index (χ3v) is 2.80. The third-order valence-electron chi connectivity index (χ3n) is 2.80. The van der Waals surface area contributed by atoms with Gasteiger partial charge in [-0.2, -0.15) is 5.10 Å². The van der Waals surface area contributed by atoms with Gasteiger partial charge >= 0.3 is 0 Å². The number of nitrogens with zero attached hydrogens (tertiary/aromatic N) is 3. The summed E-state index contributed by atoms with van der Waals surface area (Å²) in [6, 6.07) is 4.96. The molecule has 1 aliphatic rings. The molecule has 3 rings (SSSR count). The van der Waals surface area contributed by atoms with E-state index in [4.69, 9.17) is 4.74 Å². The van der Waals surface area contributed by atoms with E-state index in [1.165, 1.54) is 12.3 Å². The molecule has 0 amide bonds. The lowest BCUT2D eigenvalue weighted by Gasteiger charge is -2.20. The van der Waals surface area contributed by atoms with Crippen LogP contribution < -0.4 is 0 Å². The van der Waals surface area contributed by atoms with Gasteiger partial charge in [-0.3, -0.25) is 9.67 Å². The van der Waals surface area contributed by atoms with Crippen LogP contribution in [0.5, 0.6) is 0 Å². The van der Waals surface area contributed by atoms with Crippen molar-refractivity contribution in [2.45, 2.75) is 26.2 Å². The maximum Gasteiger partial charge on any atom is 0.141 e. The highest BCUT2D eigenvalue weighted by Crippen LogP contribution is 2.21. The molecule has 1 aliphatic heterocycles. The smallest absolute Gasteiger partial charge is 0.141 e. The number of hydrogen-bond acceptors (Lipinski definition) is 3. The fourth-order valence-corrected chi connectivity index (χ4v) is 1.91. The number of fused-ring (bicyclic) bond motifs is 1. The molecule has 3 heterocycles. The highest BCUT2D eigenvalue weighted by atomic mass is 19.1. The first kappa shape index (κ1) is 10.4. The molecule has 1 unspecified atom stereocenters. The maximum atomic E-state index is 12.8. The van der Waals surface area contributed by atoms with E-state index in [0.717, 1.165) is 17.9 Å². The summed E-state index contributed by atoms with van der Waals surface area (Å²) in [5, 5.41) is 4.45. The second-order valence-electron chi connectivity index (χ2n) is 4.19. The van der Waals surface area contributed by atoms with E-state index in [9.17, 15) is 4.39 Å². The maximum absolute atomic E-state index is 12.8. The molecule has 88 valence electrons. The van der Waals surface area contributed by atoms with Crippen LogP contribution in [0, 0.1) is 5.82 Å². The van der Waals surface area contributed by atoms with Crippen molar-refractivity contribution in [3.63, 3.8) is 0 Å². The van der Waals surface area contributed by atoms with Crippen molar-refractivity contribution in [3.8, 4) is 11.4 Å². The Kier molecular flexibility index (Phi) is 2.40. The number of halogens is 1. The van der Waals surface area contributed by atoms with Crippen LogP contribution in [-0.4, -0.2) is 20.9 Å². The normalized spacial score (nSPS) is 19.1. The van der Waals surface area contributed by atoms with E-state index in [0.29, 0.717) is 12.3 Å². The first-order chi connectivity index (χ1) is 8.22. The standard InChI is InChI=1S/C12H12FN3O/c1-8-6-16-10(7-17-8)4-12(15-16)11-3-2-9(13)5-14-11/h2-5,8H,6-7H2,1H3. The molecule has 5 heteroatoms. The minimum Gasteiger partial charge on any atom is -0.370 e. The summed E-state index contributed by atoms with van der Waals surface area (Å²) in [6.45, 7) is 3.33. The molecule has 17 heavy (non-hydrogen) atoms. The van der Waals surface area contributed by atoms with Crippen molar-refractivity contribution in [1.29, 1.82) is 0 Å². The van der Waals surface area contributed by atoms with Crippen LogP contribution in [0.15, 0.2) is 24.4 Å². The van der Waals surface area contributed by atoms with Gasteiger partial charge in [0.15, 0.2) is 0 Å². The first-order valence-electron chi connectivity index (χ1n) is 5.52. The molecule has 0 N–H and O–H groups in total. The Morgan fingerprint density at radius 1 is 1.41 bits per heavy atom. The van der Waals surface area contributed by atoms with Crippen LogP contribution in [0.2, 0.25) is 0 Å². The molecule has 0 saturated carbocycles. The van der Waals surface area contributed by atoms with E-state index < -0.39 is 0 Å². The number of pyridine rings is 1. The average Bonchev–Trinajstić information content (AvgIpc) is 2.72. The van der Waals surface area contributed by atoms with Crippen molar-refractivity contribution in [2.24, 2.45) is 0 Å². The van der Waals surface area contributed by atoms with E-state index in [1.807, 2.05) is 17.7 Å². The SMILES string of the molecule is CC1Cn2nc(-c3ccc(F)cn3)cc2CO1. The number of rotatable bonds is 1. The van der Waals surface area contributed by atoms with Crippen LogP contribution in [0.25, 0.3) is 11.4 Å². The number of hydrogen-bond donors (Lipinski definition) is 0. The molecule has 0 aliphatic carbocycles. The summed E-state index contributed by atoms with van der Waals surface area (Å²) >= 11 is 0. The van der Waals surface area contributed by atoms with Crippen molar-refractivity contribution >= 4 is 0 Å². The third kappa shape index (κ3) is 1.93. The lowest BCUT2D eigenvalue weighted by Crippen LogP contribution is -2.24. The zero-order valence-electron chi connectivity index (χ0n) is 9.43. The molecule has 0 radical (unpaired) electrons. The Balaban J connectivity index is 1.97. The molecule has 2 aromatic heterocycles. The lowest BCUT2D eigenvalue weighted by molar-refractivity contribution is 0.0124. The fraction of sp³-hybridized carbons (Fsp3) is 0.333. The first-order valence-corrected chi connectivity index (χ1v) is 5.52. The van der Waals surface area contributed by atoms with Gasteiger partial charge in [-0.1, -0.05) is 0 Å². The minimum atomic E-state index is -0.338.